The van der Waals surface area contributed by atoms with E-state index in [-0.39, 0.29) is 11.3 Å². The van der Waals surface area contributed by atoms with Crippen molar-refractivity contribution < 1.29 is 19.4 Å². The van der Waals surface area contributed by atoms with Crippen LogP contribution < -0.4 is 10.1 Å². The molecular weight excluding hydrogens is 276 g/mol. The molecule has 8 nitrogen and oxygen atoms in total. The fourth-order valence-electron chi connectivity index (χ4n) is 1.71. The van der Waals surface area contributed by atoms with Gasteiger partial charge in [0.25, 0.3) is 0 Å². The van der Waals surface area contributed by atoms with E-state index in [0.29, 0.717) is 5.75 Å². The number of anilines is 1. The Labute approximate surface area is 120 Å². The molecule has 110 valence electrons. The molecule has 0 bridgehead atoms. The van der Waals surface area contributed by atoms with Gasteiger partial charge >= 0.3 is 5.97 Å². The van der Waals surface area contributed by atoms with Crippen LogP contribution in [0, 0.1) is 0 Å². The molecule has 0 spiro atoms. The van der Waals surface area contributed by atoms with Gasteiger partial charge in [-0.25, -0.2) is 14.5 Å². The quantitative estimate of drug-likeness (QED) is 0.856. The van der Waals surface area contributed by atoms with Crippen LogP contribution >= 0.6 is 0 Å². The van der Waals surface area contributed by atoms with Crippen molar-refractivity contribution in [2.45, 2.75) is 13.0 Å². The largest absolute Gasteiger partial charge is 0.497 e. The Morgan fingerprint density at radius 2 is 2.19 bits per heavy atom. The molecule has 2 aromatic rings. The Hall–Kier alpha value is -2.90. The SMILES string of the molecule is COc1ccc(C(=O)O)c(NC(=O)C(C)n2cncn2)c1. The molecule has 0 saturated heterocycles. The molecule has 21 heavy (non-hydrogen) atoms. The highest BCUT2D eigenvalue weighted by molar-refractivity contribution is 6.01. The number of ether oxygens (including phenoxy) is 1. The number of carboxylic acids is 1. The van der Waals surface area contributed by atoms with Crippen LogP contribution in [0.15, 0.2) is 30.9 Å². The third-order valence-corrected chi connectivity index (χ3v) is 2.93. The number of carbonyl (C=O) groups excluding carboxylic acids is 1. The van der Waals surface area contributed by atoms with E-state index in [2.05, 4.69) is 15.4 Å². The van der Waals surface area contributed by atoms with E-state index in [1.807, 2.05) is 0 Å². The van der Waals surface area contributed by atoms with Crippen molar-refractivity contribution in [3.63, 3.8) is 0 Å². The molecule has 0 radical (unpaired) electrons. The zero-order chi connectivity index (χ0) is 15.4. The van der Waals surface area contributed by atoms with Crippen molar-refractivity contribution in [3.05, 3.63) is 36.4 Å². The van der Waals surface area contributed by atoms with Crippen LogP contribution in [0.4, 0.5) is 5.69 Å². The predicted octanol–water partition coefficient (Wildman–Crippen LogP) is 1.18. The van der Waals surface area contributed by atoms with E-state index in [1.165, 1.54) is 42.6 Å². The molecule has 2 rings (SSSR count). The molecule has 0 aliphatic heterocycles. The summed E-state index contributed by atoms with van der Waals surface area (Å²) >= 11 is 0. The minimum atomic E-state index is -1.14. The van der Waals surface area contributed by atoms with Crippen LogP contribution in [-0.4, -0.2) is 38.9 Å². The van der Waals surface area contributed by atoms with Gasteiger partial charge in [0, 0.05) is 6.07 Å². The van der Waals surface area contributed by atoms with Crippen LogP contribution in [-0.2, 0) is 4.79 Å². The van der Waals surface area contributed by atoms with E-state index in [4.69, 9.17) is 9.84 Å². The summed E-state index contributed by atoms with van der Waals surface area (Å²) in [4.78, 5) is 27.1. The average molecular weight is 290 g/mol. The minimum Gasteiger partial charge on any atom is -0.497 e. The molecule has 8 heteroatoms. The molecule has 0 saturated carbocycles. The number of aromatic carboxylic acids is 1. The molecule has 1 amide bonds. The summed E-state index contributed by atoms with van der Waals surface area (Å²) < 4.78 is 6.40. The maximum Gasteiger partial charge on any atom is 0.337 e. The van der Waals surface area contributed by atoms with E-state index in [0.717, 1.165) is 0 Å². The van der Waals surface area contributed by atoms with Crippen LogP contribution in [0.5, 0.6) is 5.75 Å². The van der Waals surface area contributed by atoms with E-state index >= 15 is 0 Å². The van der Waals surface area contributed by atoms with Crippen molar-refractivity contribution in [3.8, 4) is 5.75 Å². The van der Waals surface area contributed by atoms with Crippen molar-refractivity contribution in [1.82, 2.24) is 14.8 Å². The molecule has 1 aromatic carbocycles. The van der Waals surface area contributed by atoms with Crippen LogP contribution in [0.2, 0.25) is 0 Å². The monoisotopic (exact) mass is 290 g/mol. The number of carboxylic acid groups (broad SMARTS) is 1. The molecule has 2 N–H and O–H groups in total. The van der Waals surface area contributed by atoms with Crippen LogP contribution in [0.1, 0.15) is 23.3 Å². The molecule has 0 aliphatic carbocycles. The molecular formula is C13H14N4O4. The third-order valence-electron chi connectivity index (χ3n) is 2.93. The van der Waals surface area contributed by atoms with Gasteiger partial charge in [0.15, 0.2) is 0 Å². The smallest absolute Gasteiger partial charge is 0.337 e. The highest BCUT2D eigenvalue weighted by atomic mass is 16.5. The van der Waals surface area contributed by atoms with E-state index in [1.54, 1.807) is 6.92 Å². The Morgan fingerprint density at radius 3 is 2.76 bits per heavy atom. The number of amides is 1. The number of nitrogens with zero attached hydrogens (tertiary/aromatic N) is 3. The van der Waals surface area contributed by atoms with Crippen LogP contribution in [0.25, 0.3) is 0 Å². The molecule has 1 atom stereocenters. The fourth-order valence-corrected chi connectivity index (χ4v) is 1.71. The van der Waals surface area contributed by atoms with Gasteiger partial charge in [0.05, 0.1) is 18.4 Å². The van der Waals surface area contributed by atoms with Crippen molar-refractivity contribution in [2.75, 3.05) is 12.4 Å². The average Bonchev–Trinajstić information content (AvgIpc) is 3.00. The molecule has 0 aliphatic rings. The lowest BCUT2D eigenvalue weighted by molar-refractivity contribution is -0.119. The zero-order valence-corrected chi connectivity index (χ0v) is 11.5. The Bertz CT molecular complexity index is 654. The van der Waals surface area contributed by atoms with Gasteiger partial charge in [-0.15, -0.1) is 0 Å². The number of carbonyl (C=O) groups is 2. The zero-order valence-electron chi connectivity index (χ0n) is 11.5. The summed E-state index contributed by atoms with van der Waals surface area (Å²) in [5.41, 5.74) is 0.147. The molecule has 0 fully saturated rings. The first-order chi connectivity index (χ1) is 10.0. The van der Waals surface area contributed by atoms with Crippen molar-refractivity contribution in [2.24, 2.45) is 0 Å². The summed E-state index contributed by atoms with van der Waals surface area (Å²) in [7, 11) is 1.46. The second-order valence-electron chi connectivity index (χ2n) is 4.26. The van der Waals surface area contributed by atoms with Crippen molar-refractivity contribution >= 4 is 17.6 Å². The van der Waals surface area contributed by atoms with Gasteiger partial charge in [0.1, 0.15) is 24.4 Å². The number of methoxy groups -OCH3 is 1. The molecule has 1 aromatic heterocycles. The third kappa shape index (κ3) is 3.16. The summed E-state index contributed by atoms with van der Waals surface area (Å²) in [6.07, 6.45) is 2.73. The predicted molar refractivity (Wildman–Crippen MR) is 73.3 cm³/mol. The van der Waals surface area contributed by atoms with Crippen LogP contribution in [0.3, 0.4) is 0 Å². The standard InChI is InChI=1S/C13H14N4O4/c1-8(17-7-14-6-15-17)12(18)16-11-5-9(21-2)3-4-10(11)13(19)20/h3-8H,1-2H3,(H,16,18)(H,19,20). The lowest BCUT2D eigenvalue weighted by Crippen LogP contribution is -2.25. The summed E-state index contributed by atoms with van der Waals surface area (Å²) in [5, 5.41) is 15.6. The normalized spacial score (nSPS) is 11.7. The lowest BCUT2D eigenvalue weighted by Gasteiger charge is -2.14. The fraction of sp³-hybridized carbons (Fsp3) is 0.231. The Balaban J connectivity index is 2.25. The molecule has 1 heterocycles. The highest BCUT2D eigenvalue weighted by Gasteiger charge is 2.19. The number of hydrogen-bond donors (Lipinski definition) is 2. The second-order valence-corrected chi connectivity index (χ2v) is 4.26. The van der Waals surface area contributed by atoms with Crippen molar-refractivity contribution in [1.29, 1.82) is 0 Å². The Kier molecular flexibility index (Phi) is 4.17. The summed E-state index contributed by atoms with van der Waals surface area (Å²) in [6, 6.07) is 3.71. The van der Waals surface area contributed by atoms with Gasteiger partial charge < -0.3 is 15.2 Å². The first kappa shape index (κ1) is 14.5. The number of rotatable bonds is 5. The number of nitrogens with one attached hydrogen (secondary N) is 1. The Morgan fingerprint density at radius 1 is 1.43 bits per heavy atom. The van der Waals surface area contributed by atoms with E-state index < -0.39 is 17.9 Å². The number of benzene rings is 1. The summed E-state index contributed by atoms with van der Waals surface area (Å²) in [5.74, 6) is -1.10. The maximum absolute atomic E-state index is 12.2. The van der Waals surface area contributed by atoms with Gasteiger partial charge in [0.2, 0.25) is 5.91 Å². The summed E-state index contributed by atoms with van der Waals surface area (Å²) in [6.45, 7) is 1.63. The van der Waals surface area contributed by atoms with Gasteiger partial charge in [-0.2, -0.15) is 5.10 Å². The topological polar surface area (TPSA) is 106 Å². The van der Waals surface area contributed by atoms with Gasteiger partial charge in [-0.1, -0.05) is 0 Å². The van der Waals surface area contributed by atoms with Gasteiger partial charge in [-0.05, 0) is 19.1 Å². The number of aromatic nitrogens is 3. The molecule has 1 unspecified atom stereocenters. The van der Waals surface area contributed by atoms with E-state index in [9.17, 15) is 9.59 Å². The maximum atomic E-state index is 12.2. The highest BCUT2D eigenvalue weighted by Crippen LogP contribution is 2.23. The van der Waals surface area contributed by atoms with Gasteiger partial charge in [-0.3, -0.25) is 4.79 Å². The second kappa shape index (κ2) is 6.04. The minimum absolute atomic E-state index is 0.0186. The number of hydrogen-bond acceptors (Lipinski definition) is 5. The lowest BCUT2D eigenvalue weighted by atomic mass is 10.1. The first-order valence-corrected chi connectivity index (χ1v) is 6.09. The first-order valence-electron chi connectivity index (χ1n) is 6.09.